The predicted octanol–water partition coefficient (Wildman–Crippen LogP) is 7.83. The largest absolute Gasteiger partial charge is 0.345 e. The van der Waals surface area contributed by atoms with Crippen molar-refractivity contribution in [2.45, 2.75) is 125 Å². The maximum absolute atomic E-state index is 13.7. The summed E-state index contributed by atoms with van der Waals surface area (Å²) in [6.45, 7) is 18.6. The molecular formula is C32H52O3. The summed E-state index contributed by atoms with van der Waals surface area (Å²) in [5.74, 6) is 4.87. The molecule has 4 saturated carbocycles. The van der Waals surface area contributed by atoms with Crippen molar-refractivity contribution in [1.29, 1.82) is 0 Å². The van der Waals surface area contributed by atoms with E-state index in [1.807, 2.05) is 13.8 Å². The van der Waals surface area contributed by atoms with Gasteiger partial charge in [-0.15, -0.1) is 0 Å². The zero-order valence-corrected chi connectivity index (χ0v) is 23.8. The van der Waals surface area contributed by atoms with Crippen LogP contribution in [0.3, 0.4) is 0 Å². The molecule has 3 heteroatoms. The van der Waals surface area contributed by atoms with Crippen molar-refractivity contribution in [3.8, 4) is 0 Å². The van der Waals surface area contributed by atoms with Crippen molar-refractivity contribution in [3.63, 3.8) is 0 Å². The standard InChI is InChI=1S/C32H52O3/c1-9-21(19(2)3)11-10-20(4)23-12-13-24-22-16-27(33)26-17-28-29(35-30(5,6)34-28)18-32(26,8)25(22)14-15-31(23,24)7/h10-11,19-26,28-29H,9,12-18H2,1-8H3/b11-10+/t20-,21+,22+,23-,24+,25+,26-,28+,29-,31-,32-/m1/s1. The smallest absolute Gasteiger partial charge is 0.163 e. The molecule has 11 atom stereocenters. The molecule has 5 fully saturated rings. The highest BCUT2D eigenvalue weighted by Gasteiger charge is 2.65. The Balaban J connectivity index is 1.36. The van der Waals surface area contributed by atoms with E-state index in [0.717, 1.165) is 25.2 Å². The molecule has 4 aliphatic carbocycles. The molecule has 0 unspecified atom stereocenters. The minimum Gasteiger partial charge on any atom is -0.345 e. The van der Waals surface area contributed by atoms with Gasteiger partial charge in [-0.05, 0) is 111 Å². The van der Waals surface area contributed by atoms with Crippen molar-refractivity contribution in [3.05, 3.63) is 12.2 Å². The number of hydrogen-bond acceptors (Lipinski definition) is 3. The Morgan fingerprint density at radius 2 is 1.63 bits per heavy atom. The summed E-state index contributed by atoms with van der Waals surface area (Å²) in [6.07, 6.45) is 14.5. The molecule has 0 N–H and O–H groups in total. The summed E-state index contributed by atoms with van der Waals surface area (Å²) in [6, 6.07) is 0. The number of rotatable bonds is 5. The number of ether oxygens (including phenoxy) is 2. The lowest BCUT2D eigenvalue weighted by Crippen LogP contribution is -2.59. The first kappa shape index (κ1) is 26.0. The van der Waals surface area contributed by atoms with Gasteiger partial charge in [0.1, 0.15) is 5.78 Å². The summed E-state index contributed by atoms with van der Waals surface area (Å²) in [5.41, 5.74) is 0.446. The van der Waals surface area contributed by atoms with E-state index in [1.165, 1.54) is 32.1 Å². The lowest BCUT2D eigenvalue weighted by molar-refractivity contribution is -0.163. The minimum atomic E-state index is -0.512. The number of fused-ring (bicyclic) bond motifs is 6. The first-order chi connectivity index (χ1) is 16.4. The maximum Gasteiger partial charge on any atom is 0.163 e. The van der Waals surface area contributed by atoms with Gasteiger partial charge in [0.05, 0.1) is 12.2 Å². The van der Waals surface area contributed by atoms with Crippen molar-refractivity contribution >= 4 is 5.78 Å². The number of carbonyl (C=O) groups excluding carboxylic acids is 1. The molecule has 1 saturated heterocycles. The Labute approximate surface area is 215 Å². The lowest BCUT2D eigenvalue weighted by Gasteiger charge is -2.60. The van der Waals surface area contributed by atoms with Crippen LogP contribution >= 0.6 is 0 Å². The number of ketones is 1. The molecule has 0 bridgehead atoms. The fourth-order valence-electron chi connectivity index (χ4n) is 10.2. The molecule has 0 aromatic carbocycles. The molecule has 1 heterocycles. The van der Waals surface area contributed by atoms with Gasteiger partial charge in [0, 0.05) is 12.3 Å². The van der Waals surface area contributed by atoms with Crippen LogP contribution in [0.2, 0.25) is 0 Å². The van der Waals surface area contributed by atoms with Crippen LogP contribution in [0, 0.1) is 58.2 Å². The Hall–Kier alpha value is -0.670. The Kier molecular flexibility index (Phi) is 6.65. The molecule has 35 heavy (non-hydrogen) atoms. The average molecular weight is 485 g/mol. The highest BCUT2D eigenvalue weighted by atomic mass is 16.7. The summed E-state index contributed by atoms with van der Waals surface area (Å²) in [7, 11) is 0. The molecule has 3 nitrogen and oxygen atoms in total. The van der Waals surface area contributed by atoms with Gasteiger partial charge in [-0.3, -0.25) is 4.79 Å². The van der Waals surface area contributed by atoms with Crippen LogP contribution in [0.15, 0.2) is 12.2 Å². The zero-order valence-electron chi connectivity index (χ0n) is 23.8. The van der Waals surface area contributed by atoms with Crippen molar-refractivity contribution in [2.75, 3.05) is 0 Å². The number of Topliss-reactive ketones (excluding diaryl/α,β-unsaturated/α-hetero) is 1. The highest BCUT2D eigenvalue weighted by Crippen LogP contribution is 2.68. The van der Waals surface area contributed by atoms with Crippen LogP contribution in [-0.4, -0.2) is 23.8 Å². The van der Waals surface area contributed by atoms with Gasteiger partial charge in [0.25, 0.3) is 0 Å². The van der Waals surface area contributed by atoms with Gasteiger partial charge in [-0.1, -0.05) is 53.7 Å². The van der Waals surface area contributed by atoms with Gasteiger partial charge in [-0.25, -0.2) is 0 Å². The van der Waals surface area contributed by atoms with E-state index >= 15 is 0 Å². The fourth-order valence-corrected chi connectivity index (χ4v) is 10.2. The fraction of sp³-hybridized carbons (Fsp3) is 0.906. The zero-order chi connectivity index (χ0) is 25.3. The van der Waals surface area contributed by atoms with Crippen LogP contribution in [0.25, 0.3) is 0 Å². The predicted molar refractivity (Wildman–Crippen MR) is 142 cm³/mol. The average Bonchev–Trinajstić information content (AvgIpc) is 3.27. The molecule has 5 rings (SSSR count). The van der Waals surface area contributed by atoms with Crippen molar-refractivity contribution < 1.29 is 14.3 Å². The molecule has 0 spiro atoms. The van der Waals surface area contributed by atoms with E-state index in [2.05, 4.69) is 53.7 Å². The summed E-state index contributed by atoms with van der Waals surface area (Å²) in [4.78, 5) is 13.7. The van der Waals surface area contributed by atoms with Gasteiger partial charge in [-0.2, -0.15) is 0 Å². The van der Waals surface area contributed by atoms with E-state index in [9.17, 15) is 4.79 Å². The van der Waals surface area contributed by atoms with Gasteiger partial charge in [0.2, 0.25) is 0 Å². The Morgan fingerprint density at radius 3 is 2.31 bits per heavy atom. The van der Waals surface area contributed by atoms with Crippen molar-refractivity contribution in [2.24, 2.45) is 58.2 Å². The monoisotopic (exact) mass is 484 g/mol. The maximum atomic E-state index is 13.7. The van der Waals surface area contributed by atoms with E-state index in [1.54, 1.807) is 0 Å². The highest BCUT2D eigenvalue weighted by molar-refractivity contribution is 5.83. The van der Waals surface area contributed by atoms with E-state index in [-0.39, 0.29) is 23.5 Å². The topological polar surface area (TPSA) is 35.5 Å². The summed E-state index contributed by atoms with van der Waals surface area (Å²) >= 11 is 0. The van der Waals surface area contributed by atoms with Gasteiger partial charge in [0.15, 0.2) is 5.79 Å². The third-order valence-corrected chi connectivity index (χ3v) is 12.0. The second-order valence-corrected chi connectivity index (χ2v) is 14.5. The number of hydrogen-bond donors (Lipinski definition) is 0. The molecule has 0 aromatic heterocycles. The van der Waals surface area contributed by atoms with Crippen LogP contribution < -0.4 is 0 Å². The van der Waals surface area contributed by atoms with Crippen LogP contribution in [-0.2, 0) is 14.3 Å². The van der Waals surface area contributed by atoms with E-state index in [0.29, 0.717) is 46.7 Å². The quantitative estimate of drug-likeness (QED) is 0.373. The van der Waals surface area contributed by atoms with Crippen LogP contribution in [0.5, 0.6) is 0 Å². The molecular weight excluding hydrogens is 432 g/mol. The first-order valence-electron chi connectivity index (χ1n) is 15.0. The molecule has 5 aliphatic rings. The lowest BCUT2D eigenvalue weighted by atomic mass is 9.44. The van der Waals surface area contributed by atoms with Gasteiger partial charge < -0.3 is 9.47 Å². The third-order valence-electron chi connectivity index (χ3n) is 12.0. The molecule has 0 aromatic rings. The Morgan fingerprint density at radius 1 is 0.943 bits per heavy atom. The summed E-state index contributed by atoms with van der Waals surface area (Å²) in [5, 5.41) is 0. The van der Waals surface area contributed by atoms with E-state index in [4.69, 9.17) is 9.47 Å². The number of allylic oxidation sites excluding steroid dienone is 2. The second-order valence-electron chi connectivity index (χ2n) is 14.5. The van der Waals surface area contributed by atoms with Crippen molar-refractivity contribution in [1.82, 2.24) is 0 Å². The third kappa shape index (κ3) is 4.19. The van der Waals surface area contributed by atoms with Crippen LogP contribution in [0.1, 0.15) is 107 Å². The molecule has 1 aliphatic heterocycles. The normalized spacial score (nSPS) is 48.4. The van der Waals surface area contributed by atoms with Crippen LogP contribution in [0.4, 0.5) is 0 Å². The number of carbonyl (C=O) groups is 1. The SMILES string of the molecule is CC[C@@H](/C=C/[C@@H](C)[C@H]1CC[C@H]2[C@@H]3CC(=O)[C@H]4C[C@@H]5OC(C)(C)O[C@@H]5C[C@]4(C)[C@H]3CC[C@]12C)C(C)C. The van der Waals surface area contributed by atoms with Gasteiger partial charge >= 0.3 is 0 Å². The molecule has 0 radical (unpaired) electrons. The second kappa shape index (κ2) is 8.97. The summed E-state index contributed by atoms with van der Waals surface area (Å²) < 4.78 is 12.6. The van der Waals surface area contributed by atoms with E-state index < -0.39 is 5.79 Å². The Bertz CT molecular complexity index is 844. The molecule has 198 valence electrons. The first-order valence-corrected chi connectivity index (χ1v) is 15.0. The minimum absolute atomic E-state index is 0.0709. The molecule has 0 amide bonds.